The van der Waals surface area contributed by atoms with Crippen molar-refractivity contribution in [2.75, 3.05) is 32.7 Å². The molecule has 0 aliphatic rings. The highest BCUT2D eigenvalue weighted by atomic mass is 127. The first-order valence-corrected chi connectivity index (χ1v) is 7.61. The van der Waals surface area contributed by atoms with E-state index in [-0.39, 0.29) is 29.9 Å². The Morgan fingerprint density at radius 1 is 1.04 bits per heavy atom. The standard InChI is InChI=1S/C18H23N3O3.HI/c1-13-4-6-14(7-5-13)24-11-10-20-18(19)21-16-12-15(22-2)8-9-17(16)23-3;/h4-9,12H,10-11H2,1-3H3,(H3,19,20,21);1H. The topological polar surface area (TPSA) is 78.1 Å². The molecule has 0 radical (unpaired) electrons. The van der Waals surface area contributed by atoms with Crippen LogP contribution in [0, 0.1) is 6.92 Å². The van der Waals surface area contributed by atoms with Crippen LogP contribution >= 0.6 is 24.0 Å². The van der Waals surface area contributed by atoms with E-state index < -0.39 is 0 Å². The van der Waals surface area contributed by atoms with Gasteiger partial charge in [-0.25, -0.2) is 4.99 Å². The average molecular weight is 457 g/mol. The van der Waals surface area contributed by atoms with Crippen molar-refractivity contribution in [2.45, 2.75) is 6.92 Å². The number of aryl methyl sites for hydroxylation is 1. The van der Waals surface area contributed by atoms with Crippen LogP contribution in [0.15, 0.2) is 47.5 Å². The maximum atomic E-state index is 5.91. The summed E-state index contributed by atoms with van der Waals surface area (Å²) in [7, 11) is 3.20. The van der Waals surface area contributed by atoms with Gasteiger partial charge in [-0.15, -0.1) is 24.0 Å². The summed E-state index contributed by atoms with van der Waals surface area (Å²) >= 11 is 0. The molecular formula is C18H24IN3O3. The fourth-order valence-corrected chi connectivity index (χ4v) is 2.05. The second kappa shape index (κ2) is 10.7. The third-order valence-corrected chi connectivity index (χ3v) is 3.33. The number of aliphatic imine (C=N–C) groups is 1. The number of nitrogens with one attached hydrogen (secondary N) is 1. The predicted octanol–water partition coefficient (Wildman–Crippen LogP) is 3.44. The molecule has 0 bridgehead atoms. The summed E-state index contributed by atoms with van der Waals surface area (Å²) in [4.78, 5) is 4.24. The van der Waals surface area contributed by atoms with E-state index in [2.05, 4.69) is 10.3 Å². The molecule has 0 atom stereocenters. The molecule has 25 heavy (non-hydrogen) atoms. The van der Waals surface area contributed by atoms with E-state index in [9.17, 15) is 0 Å². The number of hydrogen-bond acceptors (Lipinski definition) is 4. The number of halogens is 1. The van der Waals surface area contributed by atoms with Gasteiger partial charge in [-0.3, -0.25) is 0 Å². The van der Waals surface area contributed by atoms with Crippen molar-refractivity contribution in [3.63, 3.8) is 0 Å². The van der Waals surface area contributed by atoms with Gasteiger partial charge in [0.1, 0.15) is 23.9 Å². The van der Waals surface area contributed by atoms with E-state index in [1.54, 1.807) is 26.4 Å². The van der Waals surface area contributed by atoms with E-state index >= 15 is 0 Å². The molecule has 0 fully saturated rings. The molecule has 2 aromatic carbocycles. The minimum atomic E-state index is 0. The van der Waals surface area contributed by atoms with Crippen LogP contribution in [0.5, 0.6) is 17.2 Å². The Labute approximate surface area is 165 Å². The third kappa shape index (κ3) is 6.69. The summed E-state index contributed by atoms with van der Waals surface area (Å²) in [6.07, 6.45) is 0. The van der Waals surface area contributed by atoms with E-state index in [0.29, 0.717) is 30.3 Å². The molecule has 136 valence electrons. The Kier molecular flexibility index (Phi) is 8.90. The minimum absolute atomic E-state index is 0. The first-order chi connectivity index (χ1) is 11.6. The predicted molar refractivity (Wildman–Crippen MR) is 112 cm³/mol. The molecule has 6 nitrogen and oxygen atoms in total. The van der Waals surface area contributed by atoms with Crippen molar-refractivity contribution >= 4 is 35.6 Å². The molecule has 0 unspecified atom stereocenters. The number of methoxy groups -OCH3 is 2. The number of benzene rings is 2. The van der Waals surface area contributed by atoms with Crippen LogP contribution in [-0.4, -0.2) is 33.3 Å². The fraction of sp³-hybridized carbons (Fsp3) is 0.278. The summed E-state index contributed by atoms with van der Waals surface area (Å²) in [5.74, 6) is 2.46. The SMILES string of the molecule is COc1ccc(OC)c(NC(N)=NCCOc2ccc(C)cc2)c1.I. The zero-order valence-electron chi connectivity index (χ0n) is 14.6. The van der Waals surface area contributed by atoms with Crippen LogP contribution in [0.3, 0.4) is 0 Å². The number of anilines is 1. The quantitative estimate of drug-likeness (QED) is 0.288. The maximum Gasteiger partial charge on any atom is 0.193 e. The Bertz CT molecular complexity index is 690. The van der Waals surface area contributed by atoms with Crippen LogP contribution in [0.2, 0.25) is 0 Å². The van der Waals surface area contributed by atoms with Crippen molar-refractivity contribution in [3.05, 3.63) is 48.0 Å². The smallest absolute Gasteiger partial charge is 0.193 e. The molecule has 0 aromatic heterocycles. The molecule has 7 heteroatoms. The van der Waals surface area contributed by atoms with Crippen LogP contribution in [-0.2, 0) is 0 Å². The molecule has 0 heterocycles. The van der Waals surface area contributed by atoms with E-state index in [0.717, 1.165) is 5.75 Å². The molecule has 0 aliphatic carbocycles. The van der Waals surface area contributed by atoms with Crippen LogP contribution < -0.4 is 25.3 Å². The van der Waals surface area contributed by atoms with Gasteiger partial charge in [0, 0.05) is 6.07 Å². The average Bonchev–Trinajstić information content (AvgIpc) is 2.60. The molecule has 2 aromatic rings. The number of rotatable bonds is 7. The normalized spacial score (nSPS) is 10.6. The van der Waals surface area contributed by atoms with Gasteiger partial charge < -0.3 is 25.3 Å². The Morgan fingerprint density at radius 2 is 1.72 bits per heavy atom. The van der Waals surface area contributed by atoms with Crippen LogP contribution in [0.4, 0.5) is 5.69 Å². The molecule has 0 saturated heterocycles. The highest BCUT2D eigenvalue weighted by Gasteiger charge is 2.06. The second-order valence-corrected chi connectivity index (χ2v) is 5.12. The van der Waals surface area contributed by atoms with E-state index in [1.165, 1.54) is 5.56 Å². The van der Waals surface area contributed by atoms with Gasteiger partial charge in [-0.05, 0) is 31.2 Å². The van der Waals surface area contributed by atoms with Crippen LogP contribution in [0.25, 0.3) is 0 Å². The van der Waals surface area contributed by atoms with Gasteiger partial charge in [0.15, 0.2) is 5.96 Å². The number of nitrogens with zero attached hydrogens (tertiary/aromatic N) is 1. The van der Waals surface area contributed by atoms with Crippen molar-refractivity contribution in [1.29, 1.82) is 0 Å². The van der Waals surface area contributed by atoms with Gasteiger partial charge in [0.05, 0.1) is 26.5 Å². The van der Waals surface area contributed by atoms with Gasteiger partial charge in [0.25, 0.3) is 0 Å². The highest BCUT2D eigenvalue weighted by Crippen LogP contribution is 2.28. The summed E-state index contributed by atoms with van der Waals surface area (Å²) in [5.41, 5.74) is 7.79. The monoisotopic (exact) mass is 457 g/mol. The number of ether oxygens (including phenoxy) is 3. The third-order valence-electron chi connectivity index (χ3n) is 3.33. The zero-order valence-corrected chi connectivity index (χ0v) is 16.9. The minimum Gasteiger partial charge on any atom is -0.497 e. The van der Waals surface area contributed by atoms with Crippen molar-refractivity contribution in [2.24, 2.45) is 10.7 Å². The van der Waals surface area contributed by atoms with Gasteiger partial charge in [0.2, 0.25) is 0 Å². The molecule has 0 saturated carbocycles. The molecule has 3 N–H and O–H groups in total. The van der Waals surface area contributed by atoms with Crippen molar-refractivity contribution in [3.8, 4) is 17.2 Å². The molecule has 0 amide bonds. The summed E-state index contributed by atoms with van der Waals surface area (Å²) in [5, 5.41) is 3.01. The molecule has 0 aliphatic heterocycles. The first-order valence-electron chi connectivity index (χ1n) is 7.61. The highest BCUT2D eigenvalue weighted by molar-refractivity contribution is 14.0. The summed E-state index contributed by atoms with van der Waals surface area (Å²) < 4.78 is 16.1. The Balaban J connectivity index is 0.00000312. The largest absolute Gasteiger partial charge is 0.497 e. The lowest BCUT2D eigenvalue weighted by Gasteiger charge is -2.12. The Hall–Kier alpha value is -2.16. The van der Waals surface area contributed by atoms with Gasteiger partial charge in [-0.2, -0.15) is 0 Å². The zero-order chi connectivity index (χ0) is 17.4. The second-order valence-electron chi connectivity index (χ2n) is 5.12. The fourth-order valence-electron chi connectivity index (χ4n) is 2.05. The maximum absolute atomic E-state index is 5.91. The summed E-state index contributed by atoms with van der Waals surface area (Å²) in [6, 6.07) is 13.3. The lowest BCUT2D eigenvalue weighted by atomic mass is 10.2. The first kappa shape index (κ1) is 20.9. The molecule has 2 rings (SSSR count). The van der Waals surface area contributed by atoms with Gasteiger partial charge in [-0.1, -0.05) is 17.7 Å². The molecular weight excluding hydrogens is 433 g/mol. The lowest BCUT2D eigenvalue weighted by molar-refractivity contribution is 0.328. The van der Waals surface area contributed by atoms with E-state index in [1.807, 2.05) is 37.3 Å². The van der Waals surface area contributed by atoms with Crippen molar-refractivity contribution < 1.29 is 14.2 Å². The lowest BCUT2D eigenvalue weighted by Crippen LogP contribution is -2.24. The van der Waals surface area contributed by atoms with Crippen LogP contribution in [0.1, 0.15) is 5.56 Å². The van der Waals surface area contributed by atoms with Gasteiger partial charge >= 0.3 is 0 Å². The number of guanidine groups is 1. The number of hydrogen-bond donors (Lipinski definition) is 2. The number of nitrogens with two attached hydrogens (primary N) is 1. The van der Waals surface area contributed by atoms with Crippen molar-refractivity contribution in [1.82, 2.24) is 0 Å². The van der Waals surface area contributed by atoms with E-state index in [4.69, 9.17) is 19.9 Å². The Morgan fingerprint density at radius 3 is 2.36 bits per heavy atom. The summed E-state index contributed by atoms with van der Waals surface area (Å²) in [6.45, 7) is 2.92. The molecule has 0 spiro atoms.